The molecule has 0 unspecified atom stereocenters. The fourth-order valence-corrected chi connectivity index (χ4v) is 3.40. The number of nitrogens with zero attached hydrogens (tertiary/aromatic N) is 1. The van der Waals surface area contributed by atoms with Crippen LogP contribution in [0.1, 0.15) is 11.3 Å². The van der Waals surface area contributed by atoms with Crippen molar-refractivity contribution in [1.82, 2.24) is 4.90 Å². The number of aliphatic hydroxyl groups excluding tert-OH is 1. The summed E-state index contributed by atoms with van der Waals surface area (Å²) in [7, 11) is 0. The van der Waals surface area contributed by atoms with Crippen LogP contribution in [0.3, 0.4) is 0 Å². The molecular weight excluding hydrogens is 308 g/mol. The molecule has 2 aromatic rings. The highest BCUT2D eigenvalue weighted by molar-refractivity contribution is 7.09. The third-order valence-corrected chi connectivity index (χ3v) is 4.55. The summed E-state index contributed by atoms with van der Waals surface area (Å²) in [5.74, 6) is -1.24. The quantitative estimate of drug-likeness (QED) is 0.938. The number of thiophene rings is 1. The average Bonchev–Trinajstić information content (AvgIpc) is 2.94. The van der Waals surface area contributed by atoms with Crippen molar-refractivity contribution >= 4 is 11.3 Å². The number of hydrogen-bond acceptors (Lipinski definition) is 4. The largest absolute Gasteiger partial charge is 0.487 e. The van der Waals surface area contributed by atoms with Crippen LogP contribution in [0.5, 0.6) is 5.75 Å². The molecule has 1 saturated heterocycles. The monoisotopic (exact) mass is 325 g/mol. The molecular formula is C16H17F2NO2S. The number of ether oxygens (including phenoxy) is 1. The minimum atomic E-state index is -0.681. The molecule has 0 amide bonds. The zero-order valence-corrected chi connectivity index (χ0v) is 12.7. The van der Waals surface area contributed by atoms with Crippen molar-refractivity contribution in [2.24, 2.45) is 0 Å². The van der Waals surface area contributed by atoms with Crippen LogP contribution in [0.4, 0.5) is 8.78 Å². The van der Waals surface area contributed by atoms with Crippen molar-refractivity contribution in [2.45, 2.75) is 25.2 Å². The molecule has 118 valence electrons. The van der Waals surface area contributed by atoms with E-state index in [1.165, 1.54) is 4.88 Å². The van der Waals surface area contributed by atoms with E-state index in [0.717, 1.165) is 31.3 Å². The van der Waals surface area contributed by atoms with E-state index in [1.54, 1.807) is 11.3 Å². The van der Waals surface area contributed by atoms with Crippen LogP contribution < -0.4 is 4.74 Å². The molecule has 0 radical (unpaired) electrons. The molecule has 0 aliphatic carbocycles. The Kier molecular flexibility index (Phi) is 4.71. The molecule has 22 heavy (non-hydrogen) atoms. The Bertz CT molecular complexity index is 600. The number of β-amino-alcohol motifs (C(OH)–C–C–N with tert-alkyl or cyclic N) is 1. The second-order valence-electron chi connectivity index (χ2n) is 5.43. The zero-order chi connectivity index (χ0) is 15.5. The summed E-state index contributed by atoms with van der Waals surface area (Å²) >= 11 is 1.69. The molecule has 3 rings (SSSR count). The van der Waals surface area contributed by atoms with Crippen LogP contribution in [-0.2, 0) is 6.54 Å². The average molecular weight is 325 g/mol. The van der Waals surface area contributed by atoms with Gasteiger partial charge in [-0.1, -0.05) is 6.07 Å². The van der Waals surface area contributed by atoms with Gasteiger partial charge in [-0.05, 0) is 17.9 Å². The Hall–Kier alpha value is -1.50. The fourth-order valence-electron chi connectivity index (χ4n) is 2.65. The van der Waals surface area contributed by atoms with E-state index < -0.39 is 23.8 Å². The minimum Gasteiger partial charge on any atom is -0.487 e. The Labute approximate surface area is 131 Å². The van der Waals surface area contributed by atoms with Crippen molar-refractivity contribution in [1.29, 1.82) is 0 Å². The van der Waals surface area contributed by atoms with Gasteiger partial charge in [-0.3, -0.25) is 4.90 Å². The van der Waals surface area contributed by atoms with Gasteiger partial charge in [-0.2, -0.15) is 0 Å². The van der Waals surface area contributed by atoms with Gasteiger partial charge in [0.2, 0.25) is 0 Å². The first-order chi connectivity index (χ1) is 10.6. The lowest BCUT2D eigenvalue weighted by atomic mass is 10.0. The maximum atomic E-state index is 13.2. The molecule has 2 heterocycles. The van der Waals surface area contributed by atoms with Crippen LogP contribution in [0.2, 0.25) is 0 Å². The van der Waals surface area contributed by atoms with Crippen LogP contribution in [0.25, 0.3) is 0 Å². The second kappa shape index (κ2) is 6.73. The van der Waals surface area contributed by atoms with E-state index in [1.807, 2.05) is 11.4 Å². The summed E-state index contributed by atoms with van der Waals surface area (Å²) in [6.45, 7) is 2.06. The van der Waals surface area contributed by atoms with Gasteiger partial charge < -0.3 is 9.84 Å². The van der Waals surface area contributed by atoms with Gasteiger partial charge in [-0.15, -0.1) is 11.3 Å². The first kappa shape index (κ1) is 15.4. The van der Waals surface area contributed by atoms with Gasteiger partial charge in [-0.25, -0.2) is 8.78 Å². The number of likely N-dealkylation sites (tertiary alicyclic amines) is 1. The first-order valence-electron chi connectivity index (χ1n) is 7.16. The third kappa shape index (κ3) is 3.82. The highest BCUT2D eigenvalue weighted by Crippen LogP contribution is 2.23. The van der Waals surface area contributed by atoms with E-state index in [4.69, 9.17) is 4.74 Å². The number of halogens is 2. The summed E-state index contributed by atoms with van der Waals surface area (Å²) in [5, 5.41) is 12.2. The molecule has 2 atom stereocenters. The third-order valence-electron chi connectivity index (χ3n) is 3.69. The molecule has 1 aliphatic rings. The van der Waals surface area contributed by atoms with Crippen molar-refractivity contribution in [3.05, 3.63) is 52.2 Å². The SMILES string of the molecule is O[C@@H]1CN(Cc2cccs2)CC[C@H]1Oc1cc(F)cc(F)c1. The van der Waals surface area contributed by atoms with E-state index in [0.29, 0.717) is 13.0 Å². The summed E-state index contributed by atoms with van der Waals surface area (Å²) < 4.78 is 31.9. The Morgan fingerprint density at radius 2 is 2.05 bits per heavy atom. The summed E-state index contributed by atoms with van der Waals surface area (Å²) in [6, 6.07) is 7.13. The van der Waals surface area contributed by atoms with E-state index >= 15 is 0 Å². The van der Waals surface area contributed by atoms with Gasteiger partial charge in [0, 0.05) is 42.7 Å². The van der Waals surface area contributed by atoms with Crippen LogP contribution in [0, 0.1) is 11.6 Å². The van der Waals surface area contributed by atoms with Gasteiger partial charge in [0.15, 0.2) is 0 Å². The molecule has 0 spiro atoms. The molecule has 3 nitrogen and oxygen atoms in total. The second-order valence-corrected chi connectivity index (χ2v) is 6.46. The first-order valence-corrected chi connectivity index (χ1v) is 8.03. The molecule has 1 fully saturated rings. The molecule has 1 aromatic heterocycles. The van der Waals surface area contributed by atoms with Crippen LogP contribution in [-0.4, -0.2) is 35.3 Å². The van der Waals surface area contributed by atoms with Crippen LogP contribution >= 0.6 is 11.3 Å². The molecule has 1 N–H and O–H groups in total. The lowest BCUT2D eigenvalue weighted by Crippen LogP contribution is -2.48. The summed E-state index contributed by atoms with van der Waals surface area (Å²) in [5.41, 5.74) is 0. The lowest BCUT2D eigenvalue weighted by Gasteiger charge is -2.35. The van der Waals surface area contributed by atoms with Gasteiger partial charge >= 0.3 is 0 Å². The summed E-state index contributed by atoms with van der Waals surface area (Å²) in [4.78, 5) is 3.40. The molecule has 0 bridgehead atoms. The van der Waals surface area contributed by atoms with Gasteiger partial charge in [0.1, 0.15) is 29.6 Å². The number of piperidine rings is 1. The zero-order valence-electron chi connectivity index (χ0n) is 11.9. The maximum absolute atomic E-state index is 13.2. The minimum absolute atomic E-state index is 0.119. The highest BCUT2D eigenvalue weighted by atomic mass is 32.1. The van der Waals surface area contributed by atoms with E-state index in [2.05, 4.69) is 11.0 Å². The standard InChI is InChI=1S/C16H17F2NO2S/c17-11-6-12(18)8-13(7-11)21-16-3-4-19(10-15(16)20)9-14-2-1-5-22-14/h1-2,5-8,15-16,20H,3-4,9-10H2/t15-,16-/m1/s1. The van der Waals surface area contributed by atoms with Crippen LogP contribution in [0.15, 0.2) is 35.7 Å². The normalized spacial score (nSPS) is 22.7. The fraction of sp³-hybridized carbons (Fsp3) is 0.375. The molecule has 0 saturated carbocycles. The van der Waals surface area contributed by atoms with Crippen molar-refractivity contribution < 1.29 is 18.6 Å². The Morgan fingerprint density at radius 3 is 2.68 bits per heavy atom. The summed E-state index contributed by atoms with van der Waals surface area (Å²) in [6.07, 6.45) is -0.508. The smallest absolute Gasteiger partial charge is 0.129 e. The number of aliphatic hydroxyl groups is 1. The molecule has 1 aliphatic heterocycles. The maximum Gasteiger partial charge on any atom is 0.129 e. The Morgan fingerprint density at radius 1 is 1.27 bits per heavy atom. The van der Waals surface area contributed by atoms with Crippen molar-refractivity contribution in [3.8, 4) is 5.75 Å². The Balaban J connectivity index is 1.58. The lowest BCUT2D eigenvalue weighted by molar-refractivity contribution is -0.0274. The van der Waals surface area contributed by atoms with Crippen molar-refractivity contribution in [3.63, 3.8) is 0 Å². The highest BCUT2D eigenvalue weighted by Gasteiger charge is 2.29. The topological polar surface area (TPSA) is 32.7 Å². The number of benzene rings is 1. The van der Waals surface area contributed by atoms with E-state index in [-0.39, 0.29) is 5.75 Å². The van der Waals surface area contributed by atoms with E-state index in [9.17, 15) is 13.9 Å². The van der Waals surface area contributed by atoms with Crippen molar-refractivity contribution in [2.75, 3.05) is 13.1 Å². The van der Waals surface area contributed by atoms with Gasteiger partial charge in [0.05, 0.1) is 0 Å². The molecule has 6 heteroatoms. The number of hydrogen-bond donors (Lipinski definition) is 1. The predicted molar refractivity (Wildman–Crippen MR) is 81.0 cm³/mol. The van der Waals surface area contributed by atoms with Gasteiger partial charge in [0.25, 0.3) is 0 Å². The predicted octanol–water partition coefficient (Wildman–Crippen LogP) is 3.04. The number of rotatable bonds is 4. The molecule has 1 aromatic carbocycles.